The molecule has 0 aliphatic rings. The van der Waals surface area contributed by atoms with Crippen LogP contribution in [0.5, 0.6) is 0 Å². The Labute approximate surface area is 193 Å². The zero-order valence-electron chi connectivity index (χ0n) is 17.0. The van der Waals surface area contributed by atoms with Gasteiger partial charge in [-0.3, -0.25) is 4.99 Å². The van der Waals surface area contributed by atoms with Gasteiger partial charge in [0.1, 0.15) is 0 Å². The summed E-state index contributed by atoms with van der Waals surface area (Å²) in [4.78, 5) is 11.7. The smallest absolute Gasteiger partial charge is 0.191 e. The molecule has 4 aromatic rings. The Morgan fingerprint density at radius 1 is 1.07 bits per heavy atom. The van der Waals surface area contributed by atoms with Crippen LogP contribution in [0.3, 0.4) is 0 Å². The lowest BCUT2D eigenvalue weighted by molar-refractivity contribution is 0.788. The minimum absolute atomic E-state index is 0. The first-order chi connectivity index (χ1) is 14.3. The van der Waals surface area contributed by atoms with Gasteiger partial charge in [0.05, 0.1) is 6.33 Å². The first-order valence-electron chi connectivity index (χ1n) is 9.85. The molecule has 2 heterocycles. The summed E-state index contributed by atoms with van der Waals surface area (Å²) in [5, 5.41) is 8.07. The Balaban J connectivity index is 0.00000256. The number of benzene rings is 2. The van der Waals surface area contributed by atoms with Crippen LogP contribution in [0.2, 0.25) is 0 Å². The molecule has 0 fully saturated rings. The number of halogens is 1. The van der Waals surface area contributed by atoms with Crippen LogP contribution < -0.4 is 10.6 Å². The van der Waals surface area contributed by atoms with Crippen molar-refractivity contribution in [3.05, 3.63) is 90.1 Å². The lowest BCUT2D eigenvalue weighted by Gasteiger charge is -2.12. The monoisotopic (exact) mass is 514 g/mol. The highest BCUT2D eigenvalue weighted by atomic mass is 127. The SMILES string of the molecule is CN=C(NCCc1c[nH]c2ccccc12)NCc1ccc(Cn2ccnc2)cc1.I. The van der Waals surface area contributed by atoms with Gasteiger partial charge in [0.25, 0.3) is 0 Å². The lowest BCUT2D eigenvalue weighted by Crippen LogP contribution is -2.37. The molecule has 0 bridgehead atoms. The largest absolute Gasteiger partial charge is 0.361 e. The van der Waals surface area contributed by atoms with Gasteiger partial charge in [-0.15, -0.1) is 24.0 Å². The standard InChI is InChI=1S/C23H26N6.HI/c1-24-23(26-11-10-20-15-27-22-5-3-2-4-21(20)22)28-14-18-6-8-19(9-7-18)16-29-13-12-25-17-29;/h2-9,12-13,15,17,27H,10-11,14,16H2,1H3,(H2,24,26,28);1H. The number of aliphatic imine (C=N–C) groups is 1. The number of aromatic amines is 1. The van der Waals surface area contributed by atoms with Gasteiger partial charge in [0.2, 0.25) is 0 Å². The minimum Gasteiger partial charge on any atom is -0.361 e. The summed E-state index contributed by atoms with van der Waals surface area (Å²) in [6, 6.07) is 17.0. The summed E-state index contributed by atoms with van der Waals surface area (Å²) in [7, 11) is 1.80. The van der Waals surface area contributed by atoms with Crippen molar-refractivity contribution in [3.8, 4) is 0 Å². The third-order valence-electron chi connectivity index (χ3n) is 4.99. The summed E-state index contributed by atoms with van der Waals surface area (Å²) in [5.41, 5.74) is 4.98. The predicted molar refractivity (Wildman–Crippen MR) is 133 cm³/mol. The molecule has 2 aromatic carbocycles. The van der Waals surface area contributed by atoms with Crippen molar-refractivity contribution in [2.24, 2.45) is 4.99 Å². The number of imidazole rings is 1. The van der Waals surface area contributed by atoms with Crippen molar-refractivity contribution < 1.29 is 0 Å². The molecule has 30 heavy (non-hydrogen) atoms. The van der Waals surface area contributed by atoms with E-state index in [0.29, 0.717) is 0 Å². The van der Waals surface area contributed by atoms with Crippen LogP contribution in [-0.2, 0) is 19.5 Å². The van der Waals surface area contributed by atoms with E-state index >= 15 is 0 Å². The second kappa shape index (κ2) is 10.8. The van der Waals surface area contributed by atoms with Gasteiger partial charge in [-0.2, -0.15) is 0 Å². The lowest BCUT2D eigenvalue weighted by atomic mass is 10.1. The Bertz CT molecular complexity index is 1070. The fourth-order valence-electron chi connectivity index (χ4n) is 3.41. The second-order valence-corrected chi connectivity index (χ2v) is 7.01. The number of rotatable bonds is 7. The topological polar surface area (TPSA) is 70.0 Å². The molecule has 7 heteroatoms. The normalized spacial score (nSPS) is 11.3. The minimum atomic E-state index is 0. The van der Waals surface area contributed by atoms with Crippen LogP contribution in [0.25, 0.3) is 10.9 Å². The maximum absolute atomic E-state index is 4.33. The second-order valence-electron chi connectivity index (χ2n) is 7.01. The molecule has 0 unspecified atom stereocenters. The number of para-hydroxylation sites is 1. The maximum atomic E-state index is 4.33. The summed E-state index contributed by atoms with van der Waals surface area (Å²) in [6.45, 7) is 2.40. The van der Waals surface area contributed by atoms with E-state index in [1.165, 1.54) is 27.6 Å². The number of nitrogens with zero attached hydrogens (tertiary/aromatic N) is 3. The summed E-state index contributed by atoms with van der Waals surface area (Å²) in [5.74, 6) is 0.812. The molecule has 0 saturated heterocycles. The van der Waals surface area contributed by atoms with E-state index in [-0.39, 0.29) is 24.0 Å². The molecule has 0 atom stereocenters. The number of hydrogen-bond donors (Lipinski definition) is 3. The van der Waals surface area contributed by atoms with Gasteiger partial charge in [-0.25, -0.2) is 4.98 Å². The van der Waals surface area contributed by atoms with Gasteiger partial charge in [0, 0.05) is 56.2 Å². The first-order valence-corrected chi connectivity index (χ1v) is 9.85. The third kappa shape index (κ3) is 5.63. The number of guanidine groups is 1. The quantitative estimate of drug-likeness (QED) is 0.199. The average molecular weight is 514 g/mol. The third-order valence-corrected chi connectivity index (χ3v) is 4.99. The van der Waals surface area contributed by atoms with E-state index in [9.17, 15) is 0 Å². The van der Waals surface area contributed by atoms with Gasteiger partial charge in [-0.05, 0) is 29.2 Å². The van der Waals surface area contributed by atoms with Gasteiger partial charge in [0.15, 0.2) is 5.96 Å². The fourth-order valence-corrected chi connectivity index (χ4v) is 3.41. The molecule has 0 aliphatic carbocycles. The van der Waals surface area contributed by atoms with E-state index in [1.54, 1.807) is 13.2 Å². The van der Waals surface area contributed by atoms with Gasteiger partial charge in [-0.1, -0.05) is 42.5 Å². The molecule has 4 rings (SSSR count). The highest BCUT2D eigenvalue weighted by Gasteiger charge is 2.04. The Morgan fingerprint density at radius 2 is 1.87 bits per heavy atom. The average Bonchev–Trinajstić information content (AvgIpc) is 3.42. The highest BCUT2D eigenvalue weighted by Crippen LogP contribution is 2.17. The summed E-state index contributed by atoms with van der Waals surface area (Å²) in [6.07, 6.45) is 8.64. The zero-order valence-corrected chi connectivity index (χ0v) is 19.3. The first kappa shape index (κ1) is 21.9. The molecule has 3 N–H and O–H groups in total. The van der Waals surface area contributed by atoms with Crippen LogP contribution in [0.15, 0.2) is 78.4 Å². The summed E-state index contributed by atoms with van der Waals surface area (Å²) < 4.78 is 2.06. The molecular formula is C23H27IN6. The molecule has 0 spiro atoms. The number of H-pyrrole nitrogens is 1. The number of aromatic nitrogens is 3. The van der Waals surface area contributed by atoms with Crippen LogP contribution in [-0.4, -0.2) is 34.1 Å². The van der Waals surface area contributed by atoms with Crippen LogP contribution in [0.4, 0.5) is 0 Å². The van der Waals surface area contributed by atoms with Gasteiger partial charge >= 0.3 is 0 Å². The molecule has 2 aromatic heterocycles. The Kier molecular flexibility index (Phi) is 7.89. The van der Waals surface area contributed by atoms with Gasteiger partial charge < -0.3 is 20.2 Å². The van der Waals surface area contributed by atoms with E-state index in [1.807, 2.05) is 12.5 Å². The van der Waals surface area contributed by atoms with Crippen LogP contribution in [0, 0.1) is 0 Å². The van der Waals surface area contributed by atoms with Crippen molar-refractivity contribution in [3.63, 3.8) is 0 Å². The molecule has 0 radical (unpaired) electrons. The molecular weight excluding hydrogens is 487 g/mol. The van der Waals surface area contributed by atoms with Crippen LogP contribution >= 0.6 is 24.0 Å². The van der Waals surface area contributed by atoms with E-state index in [2.05, 4.69) is 84.9 Å². The van der Waals surface area contributed by atoms with Crippen molar-refractivity contribution in [2.45, 2.75) is 19.5 Å². The Hall–Kier alpha value is -2.81. The van der Waals surface area contributed by atoms with E-state index in [4.69, 9.17) is 0 Å². The molecule has 0 saturated carbocycles. The molecule has 0 amide bonds. The van der Waals surface area contributed by atoms with E-state index < -0.39 is 0 Å². The van der Waals surface area contributed by atoms with E-state index in [0.717, 1.165) is 32.0 Å². The maximum Gasteiger partial charge on any atom is 0.191 e. The fraction of sp³-hybridized carbons (Fsp3) is 0.217. The molecule has 0 aliphatic heterocycles. The van der Waals surface area contributed by atoms with Crippen molar-refractivity contribution in [1.82, 2.24) is 25.2 Å². The highest BCUT2D eigenvalue weighted by molar-refractivity contribution is 14.0. The number of hydrogen-bond acceptors (Lipinski definition) is 2. The number of fused-ring (bicyclic) bond motifs is 1. The Morgan fingerprint density at radius 3 is 2.63 bits per heavy atom. The molecule has 6 nitrogen and oxygen atoms in total. The van der Waals surface area contributed by atoms with Crippen molar-refractivity contribution in [2.75, 3.05) is 13.6 Å². The number of nitrogens with one attached hydrogen (secondary N) is 3. The predicted octanol–water partition coefficient (Wildman–Crippen LogP) is 3.94. The zero-order chi connectivity index (χ0) is 19.9. The summed E-state index contributed by atoms with van der Waals surface area (Å²) >= 11 is 0. The van der Waals surface area contributed by atoms with Crippen molar-refractivity contribution in [1.29, 1.82) is 0 Å². The van der Waals surface area contributed by atoms with Crippen molar-refractivity contribution >= 4 is 40.8 Å². The molecule has 156 valence electrons. The van der Waals surface area contributed by atoms with Crippen LogP contribution in [0.1, 0.15) is 16.7 Å².